The number of allylic oxidation sites excluding steroid dienone is 1. The van der Waals surface area contributed by atoms with Gasteiger partial charge in [-0.1, -0.05) is 17.9 Å². The molecule has 1 aliphatic heterocycles. The molecule has 1 aliphatic rings. The third kappa shape index (κ3) is 5.19. The zero-order valence-corrected chi connectivity index (χ0v) is 17.8. The number of aryl methyl sites for hydroxylation is 1. The number of nitrogens with one attached hydrogen (secondary N) is 1. The minimum Gasteiger partial charge on any atom is -0.352 e. The molecule has 0 radical (unpaired) electrons. The number of imidazole rings is 1. The summed E-state index contributed by atoms with van der Waals surface area (Å²) in [6.45, 7) is 3.25. The lowest BCUT2D eigenvalue weighted by molar-refractivity contribution is 0.0953. The van der Waals surface area contributed by atoms with Gasteiger partial charge in [-0.15, -0.1) is 0 Å². The second kappa shape index (κ2) is 9.88. The molecule has 2 heterocycles. The normalized spacial score (nSPS) is 12.2. The van der Waals surface area contributed by atoms with Crippen LogP contribution in [0, 0.1) is 24.6 Å². The maximum absolute atomic E-state index is 13.2. The lowest BCUT2D eigenvalue weighted by atomic mass is 10.1. The number of benzene rings is 2. The Morgan fingerprint density at radius 3 is 2.75 bits per heavy atom. The Labute approximate surface area is 186 Å². The summed E-state index contributed by atoms with van der Waals surface area (Å²) in [5.74, 6) is 6.57. The van der Waals surface area contributed by atoms with E-state index in [1.54, 1.807) is 30.5 Å². The minimum atomic E-state index is -0.305. The number of rotatable bonds is 6. The van der Waals surface area contributed by atoms with Gasteiger partial charge in [-0.3, -0.25) is 9.79 Å². The Hall–Kier alpha value is -3.98. The third-order valence-corrected chi connectivity index (χ3v) is 5.17. The Bertz CT molecular complexity index is 1240. The van der Waals surface area contributed by atoms with Gasteiger partial charge >= 0.3 is 0 Å². The van der Waals surface area contributed by atoms with Gasteiger partial charge in [0.25, 0.3) is 5.91 Å². The molecule has 4 rings (SSSR count). The van der Waals surface area contributed by atoms with E-state index in [1.807, 2.05) is 30.0 Å². The van der Waals surface area contributed by atoms with Gasteiger partial charge in [0.1, 0.15) is 11.6 Å². The molecule has 160 valence electrons. The Kier molecular flexibility index (Phi) is 6.57. The second-order valence-corrected chi connectivity index (χ2v) is 7.47. The van der Waals surface area contributed by atoms with Gasteiger partial charge in [0, 0.05) is 41.8 Å². The summed E-state index contributed by atoms with van der Waals surface area (Å²) >= 11 is 0. The highest BCUT2D eigenvalue weighted by atomic mass is 19.1. The number of amides is 1. The van der Waals surface area contributed by atoms with E-state index in [0.29, 0.717) is 23.2 Å². The van der Waals surface area contributed by atoms with Crippen LogP contribution in [0.3, 0.4) is 0 Å². The molecule has 5 nitrogen and oxygen atoms in total. The first-order valence-corrected chi connectivity index (χ1v) is 10.5. The van der Waals surface area contributed by atoms with Gasteiger partial charge in [0.2, 0.25) is 0 Å². The first-order valence-electron chi connectivity index (χ1n) is 10.5. The van der Waals surface area contributed by atoms with Crippen molar-refractivity contribution in [2.75, 3.05) is 13.1 Å². The summed E-state index contributed by atoms with van der Waals surface area (Å²) in [6.07, 6.45) is 9.33. The van der Waals surface area contributed by atoms with E-state index in [9.17, 15) is 9.18 Å². The van der Waals surface area contributed by atoms with Crippen molar-refractivity contribution < 1.29 is 9.18 Å². The van der Waals surface area contributed by atoms with Crippen molar-refractivity contribution in [2.24, 2.45) is 4.99 Å². The van der Waals surface area contributed by atoms with E-state index in [0.717, 1.165) is 30.9 Å². The molecular formula is C26H23FN4O. The van der Waals surface area contributed by atoms with Crippen molar-refractivity contribution in [1.29, 1.82) is 0 Å². The van der Waals surface area contributed by atoms with Crippen molar-refractivity contribution in [1.82, 2.24) is 14.9 Å². The Balaban J connectivity index is 1.54. The van der Waals surface area contributed by atoms with Crippen molar-refractivity contribution in [3.8, 4) is 17.5 Å². The fraction of sp³-hybridized carbons (Fsp3) is 0.192. The van der Waals surface area contributed by atoms with Crippen molar-refractivity contribution in [3.63, 3.8) is 0 Å². The first kappa shape index (κ1) is 21.3. The molecule has 1 N–H and O–H groups in total. The zero-order chi connectivity index (χ0) is 22.3. The molecule has 0 saturated carbocycles. The van der Waals surface area contributed by atoms with Crippen LogP contribution in [0.15, 0.2) is 71.5 Å². The number of carbonyl (C=O) groups excluding carboxylic acids is 1. The molecule has 0 spiro atoms. The lowest BCUT2D eigenvalue weighted by Gasteiger charge is -2.11. The van der Waals surface area contributed by atoms with Gasteiger partial charge < -0.3 is 9.88 Å². The maximum Gasteiger partial charge on any atom is 0.251 e. The van der Waals surface area contributed by atoms with Gasteiger partial charge in [-0.25, -0.2) is 9.37 Å². The summed E-state index contributed by atoms with van der Waals surface area (Å²) in [7, 11) is 0. The van der Waals surface area contributed by atoms with Crippen molar-refractivity contribution in [3.05, 3.63) is 94.8 Å². The number of nitrogens with zero attached hydrogens (tertiary/aromatic N) is 3. The largest absolute Gasteiger partial charge is 0.352 e. The van der Waals surface area contributed by atoms with E-state index in [4.69, 9.17) is 0 Å². The third-order valence-electron chi connectivity index (χ3n) is 5.17. The van der Waals surface area contributed by atoms with Gasteiger partial charge in [0.05, 0.1) is 12.2 Å². The minimum absolute atomic E-state index is 0.141. The van der Waals surface area contributed by atoms with E-state index in [1.165, 1.54) is 17.7 Å². The molecule has 6 heteroatoms. The molecule has 32 heavy (non-hydrogen) atoms. The number of aliphatic imine (C=N–C) groups is 1. The van der Waals surface area contributed by atoms with Crippen LogP contribution in [0.5, 0.6) is 0 Å². The fourth-order valence-electron chi connectivity index (χ4n) is 3.45. The molecule has 1 amide bonds. The lowest BCUT2D eigenvalue weighted by Crippen LogP contribution is -2.24. The molecular weight excluding hydrogens is 403 g/mol. The fourth-order valence-corrected chi connectivity index (χ4v) is 3.45. The van der Waals surface area contributed by atoms with E-state index in [2.05, 4.69) is 33.2 Å². The molecule has 0 unspecified atom stereocenters. The summed E-state index contributed by atoms with van der Waals surface area (Å²) in [5.41, 5.74) is 3.97. The summed E-state index contributed by atoms with van der Waals surface area (Å²) < 4.78 is 15.1. The zero-order valence-electron chi connectivity index (χ0n) is 17.8. The molecule has 0 atom stereocenters. The van der Waals surface area contributed by atoms with E-state index >= 15 is 0 Å². The van der Waals surface area contributed by atoms with Crippen molar-refractivity contribution >= 4 is 12.1 Å². The van der Waals surface area contributed by atoms with Crippen LogP contribution in [-0.2, 0) is 0 Å². The van der Waals surface area contributed by atoms with Crippen LogP contribution in [0.1, 0.15) is 40.2 Å². The summed E-state index contributed by atoms with van der Waals surface area (Å²) in [4.78, 5) is 21.2. The van der Waals surface area contributed by atoms with Crippen molar-refractivity contribution in [2.45, 2.75) is 19.8 Å². The standard InChI is InChI=1S/C26H23FN4O/c1-19-29-15-16-31(19)25-11-8-23(26(32)30-13-2-3-21-12-14-28-18-21)17-22(25)7-4-20-5-9-24(27)10-6-20/h5-6,8-12,15-18H,2-3,13-14H2,1H3,(H,30,32). The number of hydrogen-bond donors (Lipinski definition) is 1. The predicted molar refractivity (Wildman–Crippen MR) is 124 cm³/mol. The van der Waals surface area contributed by atoms with Crippen LogP contribution < -0.4 is 5.32 Å². The predicted octanol–water partition coefficient (Wildman–Crippen LogP) is 4.24. The highest BCUT2D eigenvalue weighted by Gasteiger charge is 2.11. The number of carbonyl (C=O) groups is 1. The van der Waals surface area contributed by atoms with Gasteiger partial charge in [-0.05, 0) is 67.8 Å². The van der Waals surface area contributed by atoms with Crippen LogP contribution in [0.4, 0.5) is 4.39 Å². The second-order valence-electron chi connectivity index (χ2n) is 7.47. The van der Waals surface area contributed by atoms with Crippen LogP contribution in [-0.4, -0.2) is 34.8 Å². The topological polar surface area (TPSA) is 59.3 Å². The molecule has 0 aliphatic carbocycles. The molecule has 1 aromatic heterocycles. The number of hydrogen-bond acceptors (Lipinski definition) is 3. The monoisotopic (exact) mass is 426 g/mol. The summed E-state index contributed by atoms with van der Waals surface area (Å²) in [5, 5.41) is 2.98. The van der Waals surface area contributed by atoms with Crippen LogP contribution in [0.2, 0.25) is 0 Å². The van der Waals surface area contributed by atoms with E-state index in [-0.39, 0.29) is 11.7 Å². The molecule has 0 fully saturated rings. The smallest absolute Gasteiger partial charge is 0.251 e. The molecule has 2 aromatic carbocycles. The Morgan fingerprint density at radius 1 is 1.19 bits per heavy atom. The van der Waals surface area contributed by atoms with E-state index < -0.39 is 0 Å². The quantitative estimate of drug-likeness (QED) is 0.473. The summed E-state index contributed by atoms with van der Waals surface area (Å²) in [6, 6.07) is 11.5. The van der Waals surface area contributed by atoms with Gasteiger partial charge in [0.15, 0.2) is 0 Å². The van der Waals surface area contributed by atoms with Crippen LogP contribution >= 0.6 is 0 Å². The molecule has 0 saturated heterocycles. The number of aromatic nitrogens is 2. The SMILES string of the molecule is Cc1nccn1-c1ccc(C(=O)NCCCC2=CCN=C2)cc1C#Cc1ccc(F)cc1. The molecule has 0 bridgehead atoms. The first-order chi connectivity index (χ1) is 15.6. The van der Waals surface area contributed by atoms with Gasteiger partial charge in [-0.2, -0.15) is 0 Å². The highest BCUT2D eigenvalue weighted by molar-refractivity contribution is 5.95. The van der Waals surface area contributed by atoms with Crippen LogP contribution in [0.25, 0.3) is 5.69 Å². The number of halogens is 1. The average molecular weight is 426 g/mol. The average Bonchev–Trinajstić information content (AvgIpc) is 3.48. The maximum atomic E-state index is 13.2. The highest BCUT2D eigenvalue weighted by Crippen LogP contribution is 2.18. The molecule has 3 aromatic rings. The Morgan fingerprint density at radius 2 is 2.03 bits per heavy atom.